The van der Waals surface area contributed by atoms with Crippen LogP contribution < -0.4 is 15.4 Å². The molecule has 1 aliphatic rings. The number of carbonyl (C=O) groups is 2. The van der Waals surface area contributed by atoms with Crippen LogP contribution in [0.4, 0.5) is 11.4 Å². The topological polar surface area (TPSA) is 70.7 Å². The predicted molar refractivity (Wildman–Crippen MR) is 129 cm³/mol. The van der Waals surface area contributed by atoms with Gasteiger partial charge < -0.3 is 20.3 Å². The standard InChI is InChI=1S/C26H35N3O3/c1-20(2)13-16-32-24-12-8-11-23(18-24)28-25(30)19-27-22-10-7-9-21(17-22)26(31)29-14-5-3-4-6-15-29/h7-12,17-18,20,27H,3-6,13-16,19H2,1-2H3,(H,28,30). The minimum absolute atomic E-state index is 0.0642. The van der Waals surface area contributed by atoms with E-state index in [1.165, 1.54) is 12.8 Å². The van der Waals surface area contributed by atoms with Gasteiger partial charge in [0.05, 0.1) is 13.2 Å². The first-order valence-electron chi connectivity index (χ1n) is 11.7. The summed E-state index contributed by atoms with van der Waals surface area (Å²) in [4.78, 5) is 27.2. The number of benzene rings is 2. The number of hydrogen-bond acceptors (Lipinski definition) is 4. The summed E-state index contributed by atoms with van der Waals surface area (Å²) in [5, 5.41) is 6.01. The van der Waals surface area contributed by atoms with E-state index in [-0.39, 0.29) is 18.4 Å². The number of hydrogen-bond donors (Lipinski definition) is 2. The lowest BCUT2D eigenvalue weighted by Gasteiger charge is -2.20. The van der Waals surface area contributed by atoms with Gasteiger partial charge in [0, 0.05) is 36.1 Å². The van der Waals surface area contributed by atoms with Gasteiger partial charge in [-0.15, -0.1) is 0 Å². The van der Waals surface area contributed by atoms with Crippen molar-refractivity contribution in [2.75, 3.05) is 36.9 Å². The number of nitrogens with zero attached hydrogens (tertiary/aromatic N) is 1. The van der Waals surface area contributed by atoms with Gasteiger partial charge in [0.1, 0.15) is 5.75 Å². The first kappa shape index (κ1) is 23.6. The van der Waals surface area contributed by atoms with Crippen LogP contribution in [0.3, 0.4) is 0 Å². The summed E-state index contributed by atoms with van der Waals surface area (Å²) in [5.74, 6) is 1.24. The molecule has 1 fully saturated rings. The second-order valence-corrected chi connectivity index (χ2v) is 8.75. The smallest absolute Gasteiger partial charge is 0.253 e. The van der Waals surface area contributed by atoms with Gasteiger partial charge in [-0.3, -0.25) is 9.59 Å². The second-order valence-electron chi connectivity index (χ2n) is 8.75. The zero-order valence-electron chi connectivity index (χ0n) is 19.2. The van der Waals surface area contributed by atoms with Crippen molar-refractivity contribution in [3.8, 4) is 5.75 Å². The van der Waals surface area contributed by atoms with Crippen molar-refractivity contribution >= 4 is 23.2 Å². The third kappa shape index (κ3) is 7.59. The van der Waals surface area contributed by atoms with Gasteiger partial charge in [-0.25, -0.2) is 0 Å². The van der Waals surface area contributed by atoms with Gasteiger partial charge in [-0.1, -0.05) is 38.8 Å². The Hall–Kier alpha value is -3.02. The molecule has 0 bridgehead atoms. The molecular weight excluding hydrogens is 402 g/mol. The van der Waals surface area contributed by atoms with Crippen molar-refractivity contribution in [3.63, 3.8) is 0 Å². The molecule has 1 saturated heterocycles. The molecule has 6 nitrogen and oxygen atoms in total. The molecule has 0 radical (unpaired) electrons. The molecule has 0 atom stereocenters. The summed E-state index contributed by atoms with van der Waals surface area (Å²) < 4.78 is 5.76. The fourth-order valence-corrected chi connectivity index (χ4v) is 3.68. The van der Waals surface area contributed by atoms with Crippen molar-refractivity contribution in [2.24, 2.45) is 5.92 Å². The SMILES string of the molecule is CC(C)CCOc1cccc(NC(=O)CNc2cccc(C(=O)N3CCCCCC3)c2)c1. The van der Waals surface area contributed by atoms with E-state index >= 15 is 0 Å². The van der Waals surface area contributed by atoms with Crippen LogP contribution in [0.25, 0.3) is 0 Å². The van der Waals surface area contributed by atoms with E-state index in [4.69, 9.17) is 4.74 Å². The molecule has 172 valence electrons. The van der Waals surface area contributed by atoms with Crippen LogP contribution in [-0.4, -0.2) is 43.0 Å². The lowest BCUT2D eigenvalue weighted by molar-refractivity contribution is -0.114. The van der Waals surface area contributed by atoms with E-state index in [0.29, 0.717) is 23.8 Å². The van der Waals surface area contributed by atoms with Gasteiger partial charge in [-0.05, 0) is 55.5 Å². The summed E-state index contributed by atoms with van der Waals surface area (Å²) in [5.41, 5.74) is 2.11. The number of likely N-dealkylation sites (tertiary alicyclic amines) is 1. The highest BCUT2D eigenvalue weighted by atomic mass is 16.5. The zero-order valence-corrected chi connectivity index (χ0v) is 19.2. The molecular formula is C26H35N3O3. The van der Waals surface area contributed by atoms with Crippen LogP contribution in [0.5, 0.6) is 5.75 Å². The largest absolute Gasteiger partial charge is 0.494 e. The van der Waals surface area contributed by atoms with Gasteiger partial charge in [0.25, 0.3) is 5.91 Å². The summed E-state index contributed by atoms with van der Waals surface area (Å²) >= 11 is 0. The highest BCUT2D eigenvalue weighted by molar-refractivity contribution is 5.96. The average Bonchev–Trinajstić information content (AvgIpc) is 3.07. The van der Waals surface area contributed by atoms with Gasteiger partial charge in [0.2, 0.25) is 5.91 Å². The van der Waals surface area contributed by atoms with E-state index in [0.717, 1.165) is 43.8 Å². The molecule has 0 aliphatic carbocycles. The Morgan fingerprint density at radius 3 is 2.44 bits per heavy atom. The van der Waals surface area contributed by atoms with E-state index in [2.05, 4.69) is 24.5 Å². The Kier molecular flexibility index (Phi) is 8.96. The molecule has 0 spiro atoms. The van der Waals surface area contributed by atoms with Gasteiger partial charge in [-0.2, -0.15) is 0 Å². The average molecular weight is 438 g/mol. The summed E-state index contributed by atoms with van der Waals surface area (Å²) in [7, 11) is 0. The minimum Gasteiger partial charge on any atom is -0.494 e. The molecule has 0 saturated carbocycles. The third-order valence-corrected chi connectivity index (χ3v) is 5.54. The van der Waals surface area contributed by atoms with E-state index < -0.39 is 0 Å². The third-order valence-electron chi connectivity index (χ3n) is 5.54. The van der Waals surface area contributed by atoms with Crippen LogP contribution in [0.1, 0.15) is 56.3 Å². The molecule has 32 heavy (non-hydrogen) atoms. The number of amides is 2. The Labute approximate surface area is 191 Å². The van der Waals surface area contributed by atoms with Crippen molar-refractivity contribution < 1.29 is 14.3 Å². The fourth-order valence-electron chi connectivity index (χ4n) is 3.68. The first-order valence-corrected chi connectivity index (χ1v) is 11.7. The maximum absolute atomic E-state index is 12.8. The number of anilines is 2. The first-order chi connectivity index (χ1) is 15.5. The fraction of sp³-hybridized carbons (Fsp3) is 0.462. The van der Waals surface area contributed by atoms with Crippen molar-refractivity contribution in [1.29, 1.82) is 0 Å². The highest BCUT2D eigenvalue weighted by Crippen LogP contribution is 2.19. The molecule has 2 aromatic carbocycles. The van der Waals surface area contributed by atoms with Crippen LogP contribution >= 0.6 is 0 Å². The van der Waals surface area contributed by atoms with E-state index in [1.54, 1.807) is 0 Å². The van der Waals surface area contributed by atoms with Crippen LogP contribution in [-0.2, 0) is 4.79 Å². The maximum atomic E-state index is 12.8. The number of ether oxygens (including phenoxy) is 1. The second kappa shape index (κ2) is 12.1. The Morgan fingerprint density at radius 2 is 1.69 bits per heavy atom. The predicted octanol–water partition coefficient (Wildman–Crippen LogP) is 5.18. The molecule has 2 amide bonds. The molecule has 0 aromatic heterocycles. The van der Waals surface area contributed by atoms with Gasteiger partial charge >= 0.3 is 0 Å². The molecule has 0 unspecified atom stereocenters. The number of carbonyl (C=O) groups excluding carboxylic acids is 2. The zero-order chi connectivity index (χ0) is 22.8. The molecule has 1 heterocycles. The normalized spacial score (nSPS) is 14.0. The summed E-state index contributed by atoms with van der Waals surface area (Å²) in [6.45, 7) is 6.72. The Bertz CT molecular complexity index is 889. The minimum atomic E-state index is -0.159. The lowest BCUT2D eigenvalue weighted by Crippen LogP contribution is -2.31. The van der Waals surface area contributed by atoms with Crippen LogP contribution in [0, 0.1) is 5.92 Å². The Balaban J connectivity index is 1.50. The van der Waals surface area contributed by atoms with Crippen LogP contribution in [0.2, 0.25) is 0 Å². The van der Waals surface area contributed by atoms with Crippen LogP contribution in [0.15, 0.2) is 48.5 Å². The van der Waals surface area contributed by atoms with Crippen molar-refractivity contribution in [1.82, 2.24) is 4.90 Å². The van der Waals surface area contributed by atoms with Gasteiger partial charge in [0.15, 0.2) is 0 Å². The molecule has 3 rings (SSSR count). The van der Waals surface area contributed by atoms with Crippen molar-refractivity contribution in [3.05, 3.63) is 54.1 Å². The number of rotatable bonds is 9. The highest BCUT2D eigenvalue weighted by Gasteiger charge is 2.17. The lowest BCUT2D eigenvalue weighted by atomic mass is 10.1. The Morgan fingerprint density at radius 1 is 0.969 bits per heavy atom. The quantitative estimate of drug-likeness (QED) is 0.567. The number of nitrogens with one attached hydrogen (secondary N) is 2. The van der Waals surface area contributed by atoms with E-state index in [1.807, 2.05) is 53.4 Å². The molecule has 2 aromatic rings. The maximum Gasteiger partial charge on any atom is 0.253 e. The summed E-state index contributed by atoms with van der Waals surface area (Å²) in [6.07, 6.45) is 5.49. The van der Waals surface area contributed by atoms with Crippen molar-refractivity contribution in [2.45, 2.75) is 46.0 Å². The monoisotopic (exact) mass is 437 g/mol. The molecule has 2 N–H and O–H groups in total. The summed E-state index contributed by atoms with van der Waals surface area (Å²) in [6, 6.07) is 14.8. The molecule has 6 heteroatoms. The molecule has 1 aliphatic heterocycles. The van der Waals surface area contributed by atoms with E-state index in [9.17, 15) is 9.59 Å².